The molecular weight excluding hydrogens is 450 g/mol. The van der Waals surface area contributed by atoms with E-state index in [-0.39, 0.29) is 12.4 Å². The summed E-state index contributed by atoms with van der Waals surface area (Å²) in [5.41, 5.74) is 7.84. The molecule has 174 valence electrons. The number of nitrogens with one attached hydrogen (secondary N) is 2. The van der Waals surface area contributed by atoms with Crippen molar-refractivity contribution in [2.75, 3.05) is 11.9 Å². The molecule has 0 fully saturated rings. The Bertz CT molecular complexity index is 1290. The summed E-state index contributed by atoms with van der Waals surface area (Å²) in [6, 6.07) is 23.9. The monoisotopic (exact) mass is 475 g/mol. The van der Waals surface area contributed by atoms with Gasteiger partial charge in [0.15, 0.2) is 6.10 Å². The molecule has 2 unspecified atom stereocenters. The highest BCUT2D eigenvalue weighted by Crippen LogP contribution is 2.35. The molecule has 3 aromatic carbocycles. The second-order valence-electron chi connectivity index (χ2n) is 7.73. The van der Waals surface area contributed by atoms with Gasteiger partial charge in [-0.1, -0.05) is 48.5 Å². The average molecular weight is 476 g/mol. The Hall–Kier alpha value is -3.88. The van der Waals surface area contributed by atoms with Crippen LogP contribution in [-0.2, 0) is 4.74 Å². The number of anilines is 1. The number of benzene rings is 3. The summed E-state index contributed by atoms with van der Waals surface area (Å²) in [5.74, 6) is 0.626. The molecule has 0 saturated carbocycles. The van der Waals surface area contributed by atoms with Gasteiger partial charge in [-0.25, -0.2) is 4.79 Å². The summed E-state index contributed by atoms with van der Waals surface area (Å²) in [5, 5.41) is 20.9. The van der Waals surface area contributed by atoms with Crippen LogP contribution in [0.1, 0.15) is 35.1 Å². The minimum Gasteiger partial charge on any atom is -0.481 e. The molecule has 4 rings (SSSR count). The van der Waals surface area contributed by atoms with Gasteiger partial charge in [-0.3, -0.25) is 10.7 Å². The average Bonchev–Trinajstić information content (AvgIpc) is 3.28. The third kappa shape index (κ3) is 5.54. The van der Waals surface area contributed by atoms with Crippen LogP contribution in [0.2, 0.25) is 0 Å². The largest absolute Gasteiger partial charge is 0.481 e. The lowest BCUT2D eigenvalue weighted by molar-refractivity contribution is 0.0910. The molecule has 0 saturated heterocycles. The number of aliphatic hydroxyl groups is 1. The molecule has 0 bridgehead atoms. The Kier molecular flexibility index (Phi) is 7.10. The van der Waals surface area contributed by atoms with Crippen LogP contribution in [0.25, 0.3) is 10.1 Å². The number of thiophene rings is 1. The number of hydrogen-bond donors (Lipinski definition) is 4. The first-order chi connectivity index (χ1) is 16.4. The summed E-state index contributed by atoms with van der Waals surface area (Å²) >= 11 is 1.42. The van der Waals surface area contributed by atoms with Gasteiger partial charge in [0.2, 0.25) is 0 Å². The smallest absolute Gasteiger partial charge is 0.411 e. The summed E-state index contributed by atoms with van der Waals surface area (Å²) < 4.78 is 12.8. The van der Waals surface area contributed by atoms with E-state index in [9.17, 15) is 9.90 Å². The van der Waals surface area contributed by atoms with Crippen LogP contribution in [0.5, 0.6) is 5.75 Å². The van der Waals surface area contributed by atoms with Gasteiger partial charge >= 0.3 is 6.09 Å². The van der Waals surface area contributed by atoms with E-state index in [4.69, 9.17) is 20.6 Å². The van der Waals surface area contributed by atoms with Gasteiger partial charge in [0.25, 0.3) is 0 Å². The fraction of sp³-hybridized carbons (Fsp3) is 0.154. The number of nitrogens with two attached hydrogens (primary N) is 1. The van der Waals surface area contributed by atoms with Crippen LogP contribution in [-0.4, -0.2) is 23.6 Å². The predicted octanol–water partition coefficient (Wildman–Crippen LogP) is 5.61. The minimum atomic E-state index is -0.609. The van der Waals surface area contributed by atoms with Gasteiger partial charge in [-0.15, -0.1) is 11.3 Å². The predicted molar refractivity (Wildman–Crippen MR) is 135 cm³/mol. The number of aliphatic hydroxyl groups excluding tert-OH is 1. The van der Waals surface area contributed by atoms with Crippen molar-refractivity contribution in [1.82, 2.24) is 0 Å². The number of nitrogen functional groups attached to an aromatic ring is 1. The van der Waals surface area contributed by atoms with Gasteiger partial charge in [0, 0.05) is 15.8 Å². The number of hydrogen-bond acceptors (Lipinski definition) is 6. The molecular formula is C26H25N3O4S. The number of carbonyl (C=O) groups is 1. The van der Waals surface area contributed by atoms with Gasteiger partial charge in [0.1, 0.15) is 18.2 Å². The first kappa shape index (κ1) is 23.3. The molecule has 0 radical (unpaired) electrons. The second-order valence-corrected chi connectivity index (χ2v) is 8.81. The standard InChI is InChI=1S/C26H25N3O4S/c1-16(30)17-10-12-19(13-11-17)29-26(31)32-15-22(18-6-3-2-4-7-18)33-21-8-5-9-23-20(21)14-24(34-23)25(27)28/h2-14,16,22,30H,15H2,1H3,(H3,27,28)(H,29,31). The number of amidine groups is 1. The van der Waals surface area contributed by atoms with E-state index < -0.39 is 18.3 Å². The van der Waals surface area contributed by atoms with Crippen molar-refractivity contribution in [3.8, 4) is 5.75 Å². The van der Waals surface area contributed by atoms with Crippen LogP contribution in [0, 0.1) is 5.41 Å². The maximum absolute atomic E-state index is 12.4. The highest BCUT2D eigenvalue weighted by Gasteiger charge is 2.19. The van der Waals surface area contributed by atoms with Gasteiger partial charge in [0.05, 0.1) is 11.0 Å². The Morgan fingerprint density at radius 1 is 1.06 bits per heavy atom. The minimum absolute atomic E-state index is 0.00763. The lowest BCUT2D eigenvalue weighted by Gasteiger charge is -2.20. The summed E-state index contributed by atoms with van der Waals surface area (Å²) in [7, 11) is 0. The fourth-order valence-corrected chi connectivity index (χ4v) is 4.38. The van der Waals surface area contributed by atoms with E-state index >= 15 is 0 Å². The molecule has 7 nitrogen and oxygen atoms in total. The quantitative estimate of drug-likeness (QED) is 0.195. The topological polar surface area (TPSA) is 118 Å². The summed E-state index contributed by atoms with van der Waals surface area (Å²) in [4.78, 5) is 13.1. The first-order valence-corrected chi connectivity index (χ1v) is 11.5. The molecule has 1 heterocycles. The number of fused-ring (bicyclic) bond motifs is 1. The summed E-state index contributed by atoms with van der Waals surface area (Å²) in [6.45, 7) is 1.67. The molecule has 0 aliphatic heterocycles. The zero-order chi connectivity index (χ0) is 24.1. The number of amides is 1. The maximum Gasteiger partial charge on any atom is 0.411 e. The van der Waals surface area contributed by atoms with Crippen LogP contribution in [0.3, 0.4) is 0 Å². The van der Waals surface area contributed by atoms with Crippen molar-refractivity contribution in [1.29, 1.82) is 5.41 Å². The van der Waals surface area contributed by atoms with Crippen molar-refractivity contribution in [2.24, 2.45) is 5.73 Å². The molecule has 4 aromatic rings. The van der Waals surface area contributed by atoms with E-state index in [2.05, 4.69) is 5.32 Å². The zero-order valence-electron chi connectivity index (χ0n) is 18.5. The fourth-order valence-electron chi connectivity index (χ4n) is 3.44. The van der Waals surface area contributed by atoms with Crippen molar-refractivity contribution >= 4 is 39.0 Å². The third-order valence-corrected chi connectivity index (χ3v) is 6.37. The van der Waals surface area contributed by atoms with Crippen molar-refractivity contribution in [2.45, 2.75) is 19.1 Å². The molecule has 0 spiro atoms. The van der Waals surface area contributed by atoms with E-state index in [0.717, 1.165) is 21.2 Å². The molecule has 5 N–H and O–H groups in total. The molecule has 0 aliphatic carbocycles. The van der Waals surface area contributed by atoms with Gasteiger partial charge < -0.3 is 20.3 Å². The molecule has 1 amide bonds. The third-order valence-electron chi connectivity index (χ3n) is 5.23. The summed E-state index contributed by atoms with van der Waals surface area (Å²) in [6.07, 6.45) is -1.73. The van der Waals surface area contributed by atoms with E-state index in [1.807, 2.05) is 54.6 Å². The van der Waals surface area contributed by atoms with Crippen molar-refractivity contribution in [3.63, 3.8) is 0 Å². The zero-order valence-corrected chi connectivity index (χ0v) is 19.3. The van der Waals surface area contributed by atoms with Crippen molar-refractivity contribution < 1.29 is 19.4 Å². The van der Waals surface area contributed by atoms with Crippen molar-refractivity contribution in [3.05, 3.63) is 94.9 Å². The molecule has 8 heteroatoms. The molecule has 34 heavy (non-hydrogen) atoms. The number of carbonyl (C=O) groups excluding carboxylic acids is 1. The Morgan fingerprint density at radius 2 is 1.79 bits per heavy atom. The lowest BCUT2D eigenvalue weighted by Crippen LogP contribution is -2.21. The highest BCUT2D eigenvalue weighted by molar-refractivity contribution is 7.20. The van der Waals surface area contributed by atoms with Crippen LogP contribution >= 0.6 is 11.3 Å². The van der Waals surface area contributed by atoms with Crippen LogP contribution < -0.4 is 15.8 Å². The van der Waals surface area contributed by atoms with Gasteiger partial charge in [-0.2, -0.15) is 0 Å². The molecule has 2 atom stereocenters. The van der Waals surface area contributed by atoms with E-state index in [0.29, 0.717) is 16.3 Å². The van der Waals surface area contributed by atoms with Crippen LogP contribution in [0.4, 0.5) is 10.5 Å². The number of rotatable bonds is 8. The first-order valence-electron chi connectivity index (χ1n) is 10.7. The molecule has 1 aromatic heterocycles. The number of ether oxygens (including phenoxy) is 2. The van der Waals surface area contributed by atoms with Gasteiger partial charge in [-0.05, 0) is 48.4 Å². The van der Waals surface area contributed by atoms with E-state index in [1.54, 1.807) is 31.2 Å². The SMILES string of the molecule is CC(O)c1ccc(NC(=O)OCC(Oc2cccc3sc(C(=N)N)cc23)c2ccccc2)cc1. The van der Waals surface area contributed by atoms with E-state index in [1.165, 1.54) is 11.3 Å². The maximum atomic E-state index is 12.4. The second kappa shape index (κ2) is 10.4. The lowest BCUT2D eigenvalue weighted by atomic mass is 10.1. The normalized spacial score (nSPS) is 12.6. The Balaban J connectivity index is 1.49. The Morgan fingerprint density at radius 3 is 2.47 bits per heavy atom. The van der Waals surface area contributed by atoms with Crippen LogP contribution in [0.15, 0.2) is 78.9 Å². The highest BCUT2D eigenvalue weighted by atomic mass is 32.1. The molecule has 0 aliphatic rings. The Labute approximate surface area is 201 Å².